The molecule has 0 saturated carbocycles. The van der Waals surface area contributed by atoms with Crippen molar-refractivity contribution in [3.8, 4) is 0 Å². The van der Waals surface area contributed by atoms with Crippen LogP contribution in [-0.2, 0) is 9.59 Å². The molecule has 2 heterocycles. The molecule has 156 valence electrons. The summed E-state index contributed by atoms with van der Waals surface area (Å²) in [5, 5.41) is 11.7. The lowest BCUT2D eigenvalue weighted by Gasteiger charge is -2.27. The highest BCUT2D eigenvalue weighted by Crippen LogP contribution is 2.43. The van der Waals surface area contributed by atoms with Gasteiger partial charge in [0.25, 0.3) is 11.7 Å². The number of hydrogen-bond acceptors (Lipinski definition) is 4. The summed E-state index contributed by atoms with van der Waals surface area (Å²) in [7, 11) is 0. The maximum atomic E-state index is 13.2. The first-order chi connectivity index (χ1) is 14.8. The van der Waals surface area contributed by atoms with Crippen LogP contribution in [0, 0.1) is 13.8 Å². The van der Waals surface area contributed by atoms with E-state index in [1.807, 2.05) is 32.0 Å². The van der Waals surface area contributed by atoms with Crippen molar-refractivity contribution in [3.05, 3.63) is 98.8 Å². The molecule has 0 spiro atoms. The summed E-state index contributed by atoms with van der Waals surface area (Å²) in [6, 6.07) is 12.9. The number of ketones is 1. The third-order valence-electron chi connectivity index (χ3n) is 5.28. The van der Waals surface area contributed by atoms with Gasteiger partial charge in [-0.3, -0.25) is 19.5 Å². The SMILES string of the molecule is Cc1ccc(C)c(N2C(=O)C(=O)/C(=C(\O)c3ccc(Cl)c(Cl)c3)C2c2ccncc2)c1. The van der Waals surface area contributed by atoms with E-state index in [1.165, 1.54) is 17.0 Å². The first-order valence-corrected chi connectivity index (χ1v) is 10.3. The molecule has 1 aromatic heterocycles. The Labute approximate surface area is 189 Å². The first kappa shape index (κ1) is 21.1. The molecule has 1 amide bonds. The number of hydrogen-bond donors (Lipinski definition) is 1. The van der Waals surface area contributed by atoms with Crippen LogP contribution < -0.4 is 4.90 Å². The van der Waals surface area contributed by atoms with E-state index in [0.29, 0.717) is 21.8 Å². The molecule has 4 rings (SSSR count). The van der Waals surface area contributed by atoms with Crippen molar-refractivity contribution < 1.29 is 14.7 Å². The van der Waals surface area contributed by atoms with Crippen molar-refractivity contribution in [2.45, 2.75) is 19.9 Å². The molecule has 1 fully saturated rings. The third kappa shape index (κ3) is 3.71. The average molecular weight is 453 g/mol. The van der Waals surface area contributed by atoms with Gasteiger partial charge in [0.15, 0.2) is 0 Å². The Hall–Kier alpha value is -3.15. The normalized spacial score (nSPS) is 17.9. The molecule has 1 aliphatic heterocycles. The van der Waals surface area contributed by atoms with Gasteiger partial charge in [-0.05, 0) is 66.9 Å². The van der Waals surface area contributed by atoms with Gasteiger partial charge in [0, 0.05) is 23.6 Å². The topological polar surface area (TPSA) is 70.5 Å². The smallest absolute Gasteiger partial charge is 0.300 e. The fourth-order valence-corrected chi connectivity index (χ4v) is 4.02. The zero-order valence-electron chi connectivity index (χ0n) is 16.8. The molecular formula is C24H18Cl2N2O3. The Morgan fingerprint density at radius 2 is 1.68 bits per heavy atom. The molecule has 1 unspecified atom stereocenters. The number of nitrogens with zero attached hydrogens (tertiary/aromatic N) is 2. The summed E-state index contributed by atoms with van der Waals surface area (Å²) < 4.78 is 0. The molecule has 0 radical (unpaired) electrons. The van der Waals surface area contributed by atoms with E-state index >= 15 is 0 Å². The number of aromatic nitrogens is 1. The number of halogens is 2. The summed E-state index contributed by atoms with van der Waals surface area (Å²) in [6.45, 7) is 3.79. The molecule has 3 aromatic rings. The van der Waals surface area contributed by atoms with Crippen LogP contribution in [0.25, 0.3) is 5.76 Å². The monoisotopic (exact) mass is 452 g/mol. The fraction of sp³-hybridized carbons (Fsp3) is 0.125. The standard InChI is InChI=1S/C24H18Cl2N2O3/c1-13-3-4-14(2)19(11-13)28-21(15-7-9-27-10-8-15)20(23(30)24(28)31)22(29)16-5-6-17(25)18(26)12-16/h3-12,21,29H,1-2H3/b22-20-. The van der Waals surface area contributed by atoms with Crippen molar-refractivity contribution in [1.29, 1.82) is 0 Å². The van der Waals surface area contributed by atoms with Crippen molar-refractivity contribution in [3.63, 3.8) is 0 Å². The van der Waals surface area contributed by atoms with Crippen LogP contribution >= 0.6 is 23.2 Å². The molecule has 1 saturated heterocycles. The van der Waals surface area contributed by atoms with E-state index in [0.717, 1.165) is 11.1 Å². The number of benzene rings is 2. The summed E-state index contributed by atoms with van der Waals surface area (Å²) in [5.74, 6) is -1.80. The van der Waals surface area contributed by atoms with E-state index < -0.39 is 17.7 Å². The van der Waals surface area contributed by atoms with Crippen molar-refractivity contribution >= 4 is 46.3 Å². The number of anilines is 1. The molecule has 7 heteroatoms. The summed E-state index contributed by atoms with van der Waals surface area (Å²) in [4.78, 5) is 31.8. The molecule has 1 N–H and O–H groups in total. The highest BCUT2D eigenvalue weighted by Gasteiger charge is 2.47. The van der Waals surface area contributed by atoms with E-state index in [9.17, 15) is 14.7 Å². The van der Waals surface area contributed by atoms with Gasteiger partial charge in [0.05, 0.1) is 21.7 Å². The highest BCUT2D eigenvalue weighted by molar-refractivity contribution is 6.52. The molecule has 5 nitrogen and oxygen atoms in total. The Morgan fingerprint density at radius 1 is 0.968 bits per heavy atom. The van der Waals surface area contributed by atoms with Gasteiger partial charge in [-0.15, -0.1) is 0 Å². The number of aliphatic hydroxyl groups excluding tert-OH is 1. The number of amides is 1. The van der Waals surface area contributed by atoms with Crippen molar-refractivity contribution in [2.24, 2.45) is 0 Å². The van der Waals surface area contributed by atoms with Gasteiger partial charge < -0.3 is 5.11 Å². The lowest BCUT2D eigenvalue weighted by molar-refractivity contribution is -0.132. The Morgan fingerprint density at radius 3 is 2.35 bits per heavy atom. The fourth-order valence-electron chi connectivity index (χ4n) is 3.72. The van der Waals surface area contributed by atoms with E-state index in [4.69, 9.17) is 23.2 Å². The maximum absolute atomic E-state index is 13.2. The summed E-state index contributed by atoms with van der Waals surface area (Å²) in [5.41, 5.74) is 3.32. The lowest BCUT2D eigenvalue weighted by Crippen LogP contribution is -2.30. The number of aliphatic hydroxyl groups is 1. The molecule has 2 aromatic carbocycles. The molecule has 31 heavy (non-hydrogen) atoms. The summed E-state index contributed by atoms with van der Waals surface area (Å²) >= 11 is 12.1. The minimum Gasteiger partial charge on any atom is -0.507 e. The van der Waals surface area contributed by atoms with Gasteiger partial charge in [-0.25, -0.2) is 0 Å². The van der Waals surface area contributed by atoms with Crippen LogP contribution in [0.4, 0.5) is 5.69 Å². The van der Waals surface area contributed by atoms with Crippen LogP contribution in [0.5, 0.6) is 0 Å². The van der Waals surface area contributed by atoms with Crippen molar-refractivity contribution in [2.75, 3.05) is 4.90 Å². The molecular weight excluding hydrogens is 435 g/mol. The Balaban J connectivity index is 1.98. The molecule has 1 aliphatic rings. The minimum absolute atomic E-state index is 0.0181. The van der Waals surface area contributed by atoms with Crippen LogP contribution in [0.3, 0.4) is 0 Å². The number of carbonyl (C=O) groups excluding carboxylic acids is 2. The van der Waals surface area contributed by atoms with Gasteiger partial charge >= 0.3 is 0 Å². The maximum Gasteiger partial charge on any atom is 0.300 e. The second kappa shape index (κ2) is 8.17. The predicted molar refractivity (Wildman–Crippen MR) is 121 cm³/mol. The number of carbonyl (C=O) groups is 2. The quantitative estimate of drug-likeness (QED) is 0.317. The minimum atomic E-state index is -0.821. The van der Waals surface area contributed by atoms with Crippen LogP contribution in [0.2, 0.25) is 10.0 Å². The third-order valence-corrected chi connectivity index (χ3v) is 6.02. The Kier molecular flexibility index (Phi) is 5.56. The lowest BCUT2D eigenvalue weighted by atomic mass is 9.95. The zero-order chi connectivity index (χ0) is 22.3. The second-order valence-corrected chi connectivity index (χ2v) is 8.18. The number of rotatable bonds is 3. The molecule has 0 aliphatic carbocycles. The van der Waals surface area contributed by atoms with Crippen LogP contribution in [0.15, 0.2) is 66.5 Å². The van der Waals surface area contributed by atoms with E-state index in [1.54, 1.807) is 30.6 Å². The second-order valence-electron chi connectivity index (χ2n) is 7.37. The predicted octanol–water partition coefficient (Wildman–Crippen LogP) is 5.63. The molecule has 0 bridgehead atoms. The summed E-state index contributed by atoms with van der Waals surface area (Å²) in [6.07, 6.45) is 3.16. The van der Waals surface area contributed by atoms with Gasteiger partial charge in [0.2, 0.25) is 0 Å². The van der Waals surface area contributed by atoms with Crippen molar-refractivity contribution in [1.82, 2.24) is 4.98 Å². The number of Topliss-reactive ketones (excluding diaryl/α,β-unsaturated/α-hetero) is 1. The number of pyridine rings is 1. The zero-order valence-corrected chi connectivity index (χ0v) is 18.3. The van der Waals surface area contributed by atoms with E-state index in [-0.39, 0.29) is 16.4 Å². The highest BCUT2D eigenvalue weighted by atomic mass is 35.5. The van der Waals surface area contributed by atoms with Gasteiger partial charge in [-0.1, -0.05) is 35.3 Å². The van der Waals surface area contributed by atoms with Gasteiger partial charge in [0.1, 0.15) is 5.76 Å². The first-order valence-electron chi connectivity index (χ1n) is 9.53. The van der Waals surface area contributed by atoms with Crippen LogP contribution in [0.1, 0.15) is 28.3 Å². The largest absolute Gasteiger partial charge is 0.507 e. The average Bonchev–Trinajstić information content (AvgIpc) is 3.02. The Bertz CT molecular complexity index is 1240. The van der Waals surface area contributed by atoms with Gasteiger partial charge in [-0.2, -0.15) is 0 Å². The number of aryl methyl sites for hydroxylation is 2. The van der Waals surface area contributed by atoms with Crippen LogP contribution in [-0.4, -0.2) is 21.8 Å². The van der Waals surface area contributed by atoms with E-state index in [2.05, 4.69) is 4.98 Å². The molecule has 1 atom stereocenters.